The third kappa shape index (κ3) is 5.46. The number of aromatic nitrogens is 3. The minimum absolute atomic E-state index is 0.0274. The van der Waals surface area contributed by atoms with Gasteiger partial charge in [0.15, 0.2) is 10.1 Å². The van der Waals surface area contributed by atoms with Gasteiger partial charge in [0.1, 0.15) is 6.54 Å². The molecule has 0 saturated carbocycles. The first-order chi connectivity index (χ1) is 11.7. The molecular weight excluding hydrogens is 373 g/mol. The van der Waals surface area contributed by atoms with Crippen molar-refractivity contribution < 1.29 is 18.0 Å². The number of Topliss-reactive ketones (excluding diaryl/α,β-unsaturated/α-hetero) is 1. The Balaban J connectivity index is 1.94. The van der Waals surface area contributed by atoms with Crippen molar-refractivity contribution in [3.05, 3.63) is 23.0 Å². The monoisotopic (exact) mass is 392 g/mol. The van der Waals surface area contributed by atoms with Crippen molar-refractivity contribution in [2.75, 3.05) is 17.6 Å². The summed E-state index contributed by atoms with van der Waals surface area (Å²) >= 11 is 2.18. The number of aryl methyl sites for hydroxylation is 1. The van der Waals surface area contributed by atoms with Crippen LogP contribution in [0, 0.1) is 13.8 Å². The second kappa shape index (κ2) is 8.22. The Morgan fingerprint density at radius 2 is 2.08 bits per heavy atom. The summed E-state index contributed by atoms with van der Waals surface area (Å²) in [5.74, 6) is 0.144. The van der Waals surface area contributed by atoms with Crippen LogP contribution in [0.1, 0.15) is 35.1 Å². The van der Waals surface area contributed by atoms with Crippen LogP contribution in [0.4, 0.5) is 18.3 Å². The van der Waals surface area contributed by atoms with Crippen LogP contribution in [0.25, 0.3) is 0 Å². The number of nitrogens with one attached hydrogen (secondary N) is 1. The highest BCUT2D eigenvalue weighted by Gasteiger charge is 2.27. The normalized spacial score (nSPS) is 11.8. The third-order valence-electron chi connectivity index (χ3n) is 3.49. The Kier molecular flexibility index (Phi) is 6.50. The van der Waals surface area contributed by atoms with Crippen LogP contribution >= 0.6 is 23.1 Å². The van der Waals surface area contributed by atoms with Gasteiger partial charge in [-0.1, -0.05) is 30.0 Å². The van der Waals surface area contributed by atoms with E-state index in [1.54, 1.807) is 0 Å². The number of hydrogen-bond acceptors (Lipinski definition) is 6. The van der Waals surface area contributed by atoms with E-state index in [-0.39, 0.29) is 16.7 Å². The quantitative estimate of drug-likeness (QED) is 0.536. The van der Waals surface area contributed by atoms with Crippen molar-refractivity contribution >= 4 is 34.0 Å². The fourth-order valence-corrected chi connectivity index (χ4v) is 4.00. The third-order valence-corrected chi connectivity index (χ3v) is 5.51. The van der Waals surface area contributed by atoms with Gasteiger partial charge in [-0.25, -0.2) is 0 Å². The van der Waals surface area contributed by atoms with Crippen molar-refractivity contribution in [3.8, 4) is 0 Å². The second-order valence-electron chi connectivity index (χ2n) is 5.49. The van der Waals surface area contributed by atoms with Gasteiger partial charge in [0.25, 0.3) is 0 Å². The van der Waals surface area contributed by atoms with Gasteiger partial charge in [-0.3, -0.25) is 4.79 Å². The lowest BCUT2D eigenvalue weighted by atomic mass is 10.2. The van der Waals surface area contributed by atoms with Crippen LogP contribution in [-0.4, -0.2) is 39.0 Å². The van der Waals surface area contributed by atoms with Crippen molar-refractivity contribution in [3.63, 3.8) is 0 Å². The van der Waals surface area contributed by atoms with Crippen LogP contribution in [0.3, 0.4) is 0 Å². The lowest BCUT2D eigenvalue weighted by Crippen LogP contribution is -2.21. The molecule has 0 aromatic carbocycles. The molecule has 0 saturated heterocycles. The minimum Gasteiger partial charge on any atom is -0.351 e. The molecule has 10 heteroatoms. The van der Waals surface area contributed by atoms with Crippen LogP contribution in [-0.2, 0) is 6.54 Å². The maximum atomic E-state index is 12.4. The largest absolute Gasteiger partial charge is 0.405 e. The van der Waals surface area contributed by atoms with E-state index in [0.717, 1.165) is 35.7 Å². The maximum absolute atomic E-state index is 12.4. The molecule has 0 atom stereocenters. The number of hydrogen-bond donors (Lipinski definition) is 1. The highest BCUT2D eigenvalue weighted by Crippen LogP contribution is 2.28. The molecule has 2 heterocycles. The number of carbonyl (C=O) groups is 1. The molecule has 1 N–H and O–H groups in total. The molecule has 0 amide bonds. The van der Waals surface area contributed by atoms with Gasteiger partial charge < -0.3 is 9.88 Å². The summed E-state index contributed by atoms with van der Waals surface area (Å²) < 4.78 is 39.0. The van der Waals surface area contributed by atoms with Crippen LogP contribution in [0.15, 0.2) is 10.4 Å². The summed E-state index contributed by atoms with van der Waals surface area (Å²) in [6.45, 7) is 5.67. The topological polar surface area (TPSA) is 59.8 Å². The molecule has 0 aliphatic heterocycles. The van der Waals surface area contributed by atoms with Gasteiger partial charge in [0, 0.05) is 23.5 Å². The molecule has 0 radical (unpaired) electrons. The lowest BCUT2D eigenvalue weighted by Gasteiger charge is -2.07. The molecule has 0 fully saturated rings. The zero-order valence-corrected chi connectivity index (χ0v) is 15.7. The first-order valence-corrected chi connectivity index (χ1v) is 9.48. The summed E-state index contributed by atoms with van der Waals surface area (Å²) in [6.07, 6.45) is -3.33. The number of anilines is 1. The van der Waals surface area contributed by atoms with E-state index in [1.807, 2.05) is 19.9 Å². The fourth-order valence-electron chi connectivity index (χ4n) is 2.37. The molecule has 25 heavy (non-hydrogen) atoms. The van der Waals surface area contributed by atoms with E-state index in [4.69, 9.17) is 0 Å². The SMILES string of the molecule is CCCn1c(C)cc(C(=O)CSc2nnc(NCC(F)(F)F)s2)c1C. The zero-order valence-electron chi connectivity index (χ0n) is 14.1. The van der Waals surface area contributed by atoms with Gasteiger partial charge in [0.05, 0.1) is 5.75 Å². The van der Waals surface area contributed by atoms with Gasteiger partial charge in [-0.05, 0) is 26.3 Å². The highest BCUT2D eigenvalue weighted by atomic mass is 32.2. The standard InChI is InChI=1S/C15H19F3N4OS2/c1-4-5-22-9(2)6-11(10(22)3)12(23)7-24-14-21-20-13(25-14)19-8-15(16,17)18/h6H,4-5,7-8H2,1-3H3,(H,19,20). The Morgan fingerprint density at radius 3 is 2.72 bits per heavy atom. The van der Waals surface area contributed by atoms with Gasteiger partial charge in [-0.2, -0.15) is 13.2 Å². The Bertz CT molecular complexity index is 740. The smallest absolute Gasteiger partial charge is 0.351 e. The minimum atomic E-state index is -4.31. The van der Waals surface area contributed by atoms with Crippen LogP contribution < -0.4 is 5.32 Å². The first kappa shape index (κ1) is 19.8. The fraction of sp³-hybridized carbons (Fsp3) is 0.533. The molecule has 0 aliphatic carbocycles. The summed E-state index contributed by atoms with van der Waals surface area (Å²) in [6, 6.07) is 1.88. The zero-order chi connectivity index (χ0) is 18.6. The lowest BCUT2D eigenvalue weighted by molar-refractivity contribution is -0.115. The Hall–Kier alpha value is -1.55. The average molecular weight is 392 g/mol. The number of carbonyl (C=O) groups excluding carboxylic acids is 1. The number of ketones is 1. The van der Waals surface area contributed by atoms with E-state index in [9.17, 15) is 18.0 Å². The maximum Gasteiger partial charge on any atom is 0.405 e. The predicted octanol–water partition coefficient (Wildman–Crippen LogP) is 4.32. The van der Waals surface area contributed by atoms with Crippen molar-refractivity contribution in [1.82, 2.24) is 14.8 Å². The van der Waals surface area contributed by atoms with E-state index < -0.39 is 12.7 Å². The molecule has 0 spiro atoms. The summed E-state index contributed by atoms with van der Waals surface area (Å²) in [7, 11) is 0. The van der Waals surface area contributed by atoms with Gasteiger partial charge in [0.2, 0.25) is 5.13 Å². The van der Waals surface area contributed by atoms with Crippen LogP contribution in [0.2, 0.25) is 0 Å². The summed E-state index contributed by atoms with van der Waals surface area (Å²) in [4.78, 5) is 12.4. The number of nitrogens with zero attached hydrogens (tertiary/aromatic N) is 3. The molecular formula is C15H19F3N4OS2. The number of thioether (sulfide) groups is 1. The first-order valence-electron chi connectivity index (χ1n) is 7.68. The number of alkyl halides is 3. The van der Waals surface area contributed by atoms with Crippen LogP contribution in [0.5, 0.6) is 0 Å². The van der Waals surface area contributed by atoms with E-state index in [1.165, 1.54) is 11.8 Å². The van der Waals surface area contributed by atoms with Crippen molar-refractivity contribution in [2.45, 2.75) is 44.3 Å². The highest BCUT2D eigenvalue weighted by molar-refractivity contribution is 8.01. The van der Waals surface area contributed by atoms with Gasteiger partial charge >= 0.3 is 6.18 Å². The predicted molar refractivity (Wildman–Crippen MR) is 93.7 cm³/mol. The Labute approximate surface area is 152 Å². The molecule has 0 unspecified atom stereocenters. The molecule has 0 aliphatic rings. The van der Waals surface area contributed by atoms with E-state index in [2.05, 4.69) is 27.0 Å². The number of rotatable bonds is 8. The molecule has 138 valence electrons. The molecule has 2 aromatic heterocycles. The molecule has 0 bridgehead atoms. The average Bonchev–Trinajstić information content (AvgIpc) is 3.10. The second-order valence-corrected chi connectivity index (χ2v) is 7.69. The Morgan fingerprint density at radius 1 is 1.36 bits per heavy atom. The van der Waals surface area contributed by atoms with Crippen molar-refractivity contribution in [1.29, 1.82) is 0 Å². The summed E-state index contributed by atoms with van der Waals surface area (Å²) in [5.41, 5.74) is 2.66. The van der Waals surface area contributed by atoms with Gasteiger partial charge in [-0.15, -0.1) is 10.2 Å². The molecule has 5 nitrogen and oxygen atoms in total. The summed E-state index contributed by atoms with van der Waals surface area (Å²) in [5, 5.41) is 9.72. The van der Waals surface area contributed by atoms with Crippen molar-refractivity contribution in [2.24, 2.45) is 0 Å². The van der Waals surface area contributed by atoms with E-state index in [0.29, 0.717) is 9.90 Å². The number of halogens is 3. The molecule has 2 rings (SSSR count). The molecule has 2 aromatic rings. The van der Waals surface area contributed by atoms with E-state index >= 15 is 0 Å².